The highest BCUT2D eigenvalue weighted by molar-refractivity contribution is 6.09. The van der Waals surface area contributed by atoms with Crippen molar-refractivity contribution in [1.82, 2.24) is 24.5 Å². The summed E-state index contributed by atoms with van der Waals surface area (Å²) in [5, 5.41) is 10.9. The monoisotopic (exact) mass is 362 g/mol. The Bertz CT molecular complexity index is 1210. The molecular formula is C19H18N6O2. The van der Waals surface area contributed by atoms with E-state index in [4.69, 9.17) is 10.5 Å². The third-order valence-electron chi connectivity index (χ3n) is 4.89. The Morgan fingerprint density at radius 2 is 1.96 bits per heavy atom. The number of ether oxygens (including phenoxy) is 1. The first kappa shape index (κ1) is 15.8. The fourth-order valence-electron chi connectivity index (χ4n) is 3.38. The van der Waals surface area contributed by atoms with E-state index in [2.05, 4.69) is 19.9 Å². The molecule has 8 nitrogen and oxygen atoms in total. The van der Waals surface area contributed by atoms with Crippen LogP contribution < -0.4 is 10.5 Å². The first-order valence-electron chi connectivity index (χ1n) is 8.78. The molecule has 3 N–H and O–H groups in total. The van der Waals surface area contributed by atoms with Gasteiger partial charge >= 0.3 is 0 Å². The van der Waals surface area contributed by atoms with E-state index in [0.717, 1.165) is 29.7 Å². The Morgan fingerprint density at radius 3 is 2.74 bits per heavy atom. The molecule has 0 aliphatic heterocycles. The normalized spacial score (nSPS) is 14.1. The largest absolute Gasteiger partial charge is 0.508 e. The number of nitrogens with zero attached hydrogens (tertiary/aromatic N) is 5. The maximum Gasteiger partial charge on any atom is 0.233 e. The lowest BCUT2D eigenvalue weighted by molar-refractivity contribution is 0.291. The molecule has 3 heterocycles. The molecular weight excluding hydrogens is 344 g/mol. The second-order valence-electron chi connectivity index (χ2n) is 6.87. The van der Waals surface area contributed by atoms with Crippen LogP contribution in [-0.2, 0) is 0 Å². The number of rotatable bonds is 3. The summed E-state index contributed by atoms with van der Waals surface area (Å²) in [5.41, 5.74) is 10.4. The van der Waals surface area contributed by atoms with Gasteiger partial charge in [0.25, 0.3) is 0 Å². The Morgan fingerprint density at radius 1 is 1.15 bits per heavy atom. The van der Waals surface area contributed by atoms with Crippen molar-refractivity contribution in [2.24, 2.45) is 0 Å². The molecule has 1 saturated carbocycles. The van der Waals surface area contributed by atoms with Crippen LogP contribution in [0.15, 0.2) is 24.7 Å². The zero-order valence-corrected chi connectivity index (χ0v) is 15.0. The number of phenols is 1. The Hall–Kier alpha value is -3.42. The van der Waals surface area contributed by atoms with Crippen LogP contribution in [0.4, 0.5) is 5.82 Å². The van der Waals surface area contributed by atoms with Crippen LogP contribution in [0.3, 0.4) is 0 Å². The molecule has 0 unspecified atom stereocenters. The summed E-state index contributed by atoms with van der Waals surface area (Å²) in [4.78, 5) is 17.8. The van der Waals surface area contributed by atoms with E-state index < -0.39 is 0 Å². The molecule has 1 fully saturated rings. The first-order chi connectivity index (χ1) is 13.0. The number of benzene rings is 1. The van der Waals surface area contributed by atoms with Gasteiger partial charge in [-0.3, -0.25) is 4.57 Å². The number of anilines is 1. The summed E-state index contributed by atoms with van der Waals surface area (Å²) in [6, 6.07) is 3.54. The standard InChI is InChI=1S/C19H18N6O2/c1-9-3-6-12(26)10(2)16(9)25-18-14(17(20)22-8-23-18)15-19(25)21-7-13(24-15)27-11-4-5-11/h3,6-8,11,26H,4-5H2,1-2H3,(H2,20,22,23). The molecule has 0 bridgehead atoms. The maximum atomic E-state index is 10.2. The molecule has 136 valence electrons. The Labute approximate surface area is 154 Å². The smallest absolute Gasteiger partial charge is 0.233 e. The van der Waals surface area contributed by atoms with Crippen molar-refractivity contribution < 1.29 is 9.84 Å². The first-order valence-corrected chi connectivity index (χ1v) is 8.78. The van der Waals surface area contributed by atoms with Gasteiger partial charge in [0.2, 0.25) is 5.88 Å². The predicted octanol–water partition coefficient (Wildman–Crippen LogP) is 2.81. The molecule has 8 heteroatoms. The minimum atomic E-state index is 0.203. The van der Waals surface area contributed by atoms with E-state index in [1.807, 2.05) is 24.5 Å². The quantitative estimate of drug-likeness (QED) is 0.576. The Kier molecular flexibility index (Phi) is 3.24. The van der Waals surface area contributed by atoms with E-state index in [-0.39, 0.29) is 11.9 Å². The van der Waals surface area contributed by atoms with Crippen LogP contribution in [0.5, 0.6) is 11.6 Å². The van der Waals surface area contributed by atoms with Gasteiger partial charge in [-0.05, 0) is 38.3 Å². The number of phenolic OH excluding ortho intramolecular Hbond substituents is 1. The molecule has 0 spiro atoms. The van der Waals surface area contributed by atoms with Crippen LogP contribution >= 0.6 is 0 Å². The van der Waals surface area contributed by atoms with Crippen LogP contribution in [-0.4, -0.2) is 35.7 Å². The number of aryl methyl sites for hydroxylation is 1. The van der Waals surface area contributed by atoms with Crippen molar-refractivity contribution in [2.45, 2.75) is 32.8 Å². The summed E-state index contributed by atoms with van der Waals surface area (Å²) in [6.45, 7) is 3.83. The van der Waals surface area contributed by atoms with Crippen LogP contribution in [0, 0.1) is 13.8 Å². The van der Waals surface area contributed by atoms with Crippen molar-refractivity contribution in [1.29, 1.82) is 0 Å². The van der Waals surface area contributed by atoms with E-state index in [0.29, 0.717) is 33.9 Å². The van der Waals surface area contributed by atoms with Gasteiger partial charge in [0.15, 0.2) is 11.3 Å². The maximum absolute atomic E-state index is 10.2. The zero-order chi connectivity index (χ0) is 18.7. The lowest BCUT2D eigenvalue weighted by Crippen LogP contribution is -2.03. The van der Waals surface area contributed by atoms with Crippen LogP contribution in [0.25, 0.3) is 27.9 Å². The SMILES string of the molecule is Cc1ccc(O)c(C)c1-n1c2ncc(OC3CC3)nc2c2c(N)ncnc21. The highest BCUT2D eigenvalue weighted by atomic mass is 16.5. The van der Waals surface area contributed by atoms with E-state index in [1.54, 1.807) is 12.3 Å². The van der Waals surface area contributed by atoms with Gasteiger partial charge in [0.05, 0.1) is 17.3 Å². The number of aromatic nitrogens is 5. The van der Waals surface area contributed by atoms with Crippen LogP contribution in [0.2, 0.25) is 0 Å². The molecule has 1 aromatic carbocycles. The number of fused-ring (bicyclic) bond motifs is 3. The second-order valence-corrected chi connectivity index (χ2v) is 6.87. The van der Waals surface area contributed by atoms with E-state index in [9.17, 15) is 5.11 Å². The third kappa shape index (κ3) is 2.37. The second kappa shape index (κ2) is 5.54. The third-order valence-corrected chi connectivity index (χ3v) is 4.89. The van der Waals surface area contributed by atoms with Crippen molar-refractivity contribution in [3.05, 3.63) is 35.8 Å². The summed E-state index contributed by atoms with van der Waals surface area (Å²) < 4.78 is 7.68. The molecule has 1 aliphatic rings. The summed E-state index contributed by atoms with van der Waals surface area (Å²) in [7, 11) is 0. The summed E-state index contributed by atoms with van der Waals surface area (Å²) in [5.74, 6) is 1.00. The van der Waals surface area contributed by atoms with Gasteiger partial charge < -0.3 is 15.6 Å². The molecule has 0 atom stereocenters. The van der Waals surface area contributed by atoms with E-state index in [1.165, 1.54) is 6.33 Å². The lowest BCUT2D eigenvalue weighted by atomic mass is 10.1. The molecule has 0 radical (unpaired) electrons. The van der Waals surface area contributed by atoms with Crippen LogP contribution in [0.1, 0.15) is 24.0 Å². The predicted molar refractivity (Wildman–Crippen MR) is 101 cm³/mol. The summed E-state index contributed by atoms with van der Waals surface area (Å²) in [6.07, 6.45) is 5.33. The topological polar surface area (TPSA) is 112 Å². The summed E-state index contributed by atoms with van der Waals surface area (Å²) >= 11 is 0. The minimum absolute atomic E-state index is 0.203. The van der Waals surface area contributed by atoms with Gasteiger partial charge in [-0.15, -0.1) is 0 Å². The molecule has 4 aromatic rings. The number of hydrogen-bond donors (Lipinski definition) is 2. The highest BCUT2D eigenvalue weighted by Gasteiger charge is 2.26. The lowest BCUT2D eigenvalue weighted by Gasteiger charge is -2.14. The van der Waals surface area contributed by atoms with Gasteiger partial charge in [0.1, 0.15) is 29.5 Å². The Balaban J connectivity index is 1.89. The van der Waals surface area contributed by atoms with Crippen molar-refractivity contribution >= 4 is 28.0 Å². The molecule has 0 saturated heterocycles. The van der Waals surface area contributed by atoms with Gasteiger partial charge in [-0.1, -0.05) is 6.07 Å². The van der Waals surface area contributed by atoms with Crippen molar-refractivity contribution in [2.75, 3.05) is 5.73 Å². The highest BCUT2D eigenvalue weighted by Crippen LogP contribution is 2.36. The fourth-order valence-corrected chi connectivity index (χ4v) is 3.38. The number of hydrogen-bond acceptors (Lipinski definition) is 7. The van der Waals surface area contributed by atoms with Gasteiger partial charge in [-0.25, -0.2) is 19.9 Å². The van der Waals surface area contributed by atoms with Crippen molar-refractivity contribution in [3.8, 4) is 17.3 Å². The average Bonchev–Trinajstić information content (AvgIpc) is 3.40. The molecule has 3 aromatic heterocycles. The molecule has 27 heavy (non-hydrogen) atoms. The number of nitrogens with two attached hydrogens (primary N) is 1. The van der Waals surface area contributed by atoms with Gasteiger partial charge in [-0.2, -0.15) is 0 Å². The number of nitrogen functional groups attached to an aromatic ring is 1. The molecule has 0 amide bonds. The average molecular weight is 362 g/mol. The van der Waals surface area contributed by atoms with E-state index >= 15 is 0 Å². The van der Waals surface area contributed by atoms with Gasteiger partial charge in [0, 0.05) is 5.56 Å². The number of aromatic hydroxyl groups is 1. The zero-order valence-electron chi connectivity index (χ0n) is 15.0. The van der Waals surface area contributed by atoms with Crippen molar-refractivity contribution in [3.63, 3.8) is 0 Å². The fraction of sp³-hybridized carbons (Fsp3) is 0.263. The molecule has 5 rings (SSSR count). The molecule has 1 aliphatic carbocycles. The minimum Gasteiger partial charge on any atom is -0.508 e.